The number of hydrogen-bond donors (Lipinski definition) is 0. The number of aryl methyl sites for hydroxylation is 1. The van der Waals surface area contributed by atoms with Gasteiger partial charge in [-0.15, -0.1) is 0 Å². The minimum Gasteiger partial charge on any atom is -0.466 e. The first kappa shape index (κ1) is 25.9. The van der Waals surface area contributed by atoms with E-state index < -0.39 is 0 Å². The molecule has 2 heterocycles. The molecule has 1 amide bonds. The molecule has 0 radical (unpaired) electrons. The predicted octanol–water partition coefficient (Wildman–Crippen LogP) is 6.68. The molecule has 41 heavy (non-hydrogen) atoms. The number of carbonyl (C=O) groups is 2. The number of amides is 1. The minimum atomic E-state index is -0.361. The van der Waals surface area contributed by atoms with Gasteiger partial charge in [-0.3, -0.25) is 9.59 Å². The summed E-state index contributed by atoms with van der Waals surface area (Å²) >= 11 is 0. The summed E-state index contributed by atoms with van der Waals surface area (Å²) in [6.07, 6.45) is 3.67. The van der Waals surface area contributed by atoms with Gasteiger partial charge in [0.15, 0.2) is 0 Å². The molecule has 2 aliphatic carbocycles. The minimum absolute atomic E-state index is 0.00257. The molecule has 3 aliphatic rings. The Balaban J connectivity index is 1.23. The Hall–Kier alpha value is -4.00. The molecule has 6 nitrogen and oxygen atoms in total. The number of nitrogens with zero attached hydrogens (tertiary/aromatic N) is 3. The van der Waals surface area contributed by atoms with E-state index in [1.807, 2.05) is 40.8 Å². The Morgan fingerprint density at radius 1 is 1.07 bits per heavy atom. The maximum Gasteiger partial charge on any atom is 0.309 e. The Morgan fingerprint density at radius 2 is 1.88 bits per heavy atom. The van der Waals surface area contributed by atoms with Gasteiger partial charge in [-0.1, -0.05) is 30.3 Å². The topological polar surface area (TPSA) is 64.4 Å². The third-order valence-electron chi connectivity index (χ3n) is 9.18. The number of fused-ring (bicyclic) bond motifs is 2. The van der Waals surface area contributed by atoms with Crippen molar-refractivity contribution in [3.63, 3.8) is 0 Å². The van der Waals surface area contributed by atoms with Crippen LogP contribution in [-0.4, -0.2) is 39.5 Å². The molecule has 7 heteroatoms. The molecule has 0 unspecified atom stereocenters. The summed E-state index contributed by atoms with van der Waals surface area (Å²) in [7, 11) is 1.89. The first-order valence-corrected chi connectivity index (χ1v) is 14.7. The van der Waals surface area contributed by atoms with Gasteiger partial charge in [-0.25, -0.2) is 9.37 Å². The van der Waals surface area contributed by atoms with Crippen LogP contribution in [-0.2, 0) is 23.0 Å². The summed E-state index contributed by atoms with van der Waals surface area (Å²) in [4.78, 5) is 32.9. The first-order valence-electron chi connectivity index (χ1n) is 14.7. The molecule has 1 aromatic heterocycles. The Labute approximate surface area is 239 Å². The molecule has 3 atom stereocenters. The second-order valence-corrected chi connectivity index (χ2v) is 11.8. The SMILES string of the molecule is CCOC(=O)[C@@H]1C[C@@H]1c1ccc(-c2nc3c(C4CC4)cc(C(=O)N4CCc5ccccc5[C@H]4C)cc3n2C)c(F)c1. The molecule has 4 aromatic rings. The lowest BCUT2D eigenvalue weighted by Crippen LogP contribution is -2.38. The van der Waals surface area contributed by atoms with E-state index in [0.717, 1.165) is 41.4 Å². The van der Waals surface area contributed by atoms with Crippen molar-refractivity contribution >= 4 is 22.9 Å². The van der Waals surface area contributed by atoms with E-state index in [4.69, 9.17) is 9.72 Å². The second-order valence-electron chi connectivity index (χ2n) is 11.8. The summed E-state index contributed by atoms with van der Waals surface area (Å²) in [6.45, 7) is 4.92. The molecule has 1 aliphatic heterocycles. The maximum atomic E-state index is 15.6. The van der Waals surface area contributed by atoms with Gasteiger partial charge in [0.2, 0.25) is 0 Å². The molecule has 3 aromatic carbocycles. The van der Waals surface area contributed by atoms with Gasteiger partial charge < -0.3 is 14.2 Å². The van der Waals surface area contributed by atoms with E-state index in [-0.39, 0.29) is 35.6 Å². The molecule has 0 N–H and O–H groups in total. The number of aromatic nitrogens is 2. The van der Waals surface area contributed by atoms with E-state index >= 15 is 4.39 Å². The van der Waals surface area contributed by atoms with Crippen LogP contribution in [0.1, 0.15) is 83.6 Å². The lowest BCUT2D eigenvalue weighted by atomic mass is 9.92. The average Bonchev–Trinajstić information content (AvgIpc) is 3.90. The number of imidazole rings is 1. The van der Waals surface area contributed by atoms with Crippen molar-refractivity contribution in [1.29, 1.82) is 0 Å². The molecule has 0 saturated heterocycles. The van der Waals surface area contributed by atoms with Crippen molar-refractivity contribution in [2.45, 2.75) is 57.4 Å². The zero-order chi connectivity index (χ0) is 28.4. The number of hydrogen-bond acceptors (Lipinski definition) is 4. The standard InChI is InChI=1S/C34H34FN3O3/c1-4-41-34(40)28-18-26(28)22-11-12-25(29(35)16-22)32-36-31-27(21-9-10-21)15-23(17-30(31)37(32)3)33(39)38-14-13-20-7-5-6-8-24(20)19(38)2/h5-8,11-12,15-17,19,21,26,28H,4,9-10,13-14,18H2,1-3H3/t19-,26-,28-/m1/s1. The van der Waals surface area contributed by atoms with Crippen LogP contribution in [0.25, 0.3) is 22.4 Å². The monoisotopic (exact) mass is 551 g/mol. The summed E-state index contributed by atoms with van der Waals surface area (Å²) in [5.41, 5.74) is 7.15. The van der Waals surface area contributed by atoms with Gasteiger partial charge in [0.25, 0.3) is 5.91 Å². The molecule has 0 spiro atoms. The normalized spacial score (nSPS) is 21.6. The van der Waals surface area contributed by atoms with Gasteiger partial charge in [-0.05, 0) is 97.9 Å². The van der Waals surface area contributed by atoms with E-state index in [0.29, 0.717) is 42.4 Å². The van der Waals surface area contributed by atoms with Gasteiger partial charge >= 0.3 is 5.97 Å². The highest BCUT2D eigenvalue weighted by Crippen LogP contribution is 2.49. The lowest BCUT2D eigenvalue weighted by Gasteiger charge is -2.35. The number of esters is 1. The summed E-state index contributed by atoms with van der Waals surface area (Å²) in [6, 6.07) is 17.5. The summed E-state index contributed by atoms with van der Waals surface area (Å²) in [5, 5.41) is 0. The first-order chi connectivity index (χ1) is 19.9. The van der Waals surface area contributed by atoms with Crippen LogP contribution in [0.15, 0.2) is 54.6 Å². The third kappa shape index (κ3) is 4.42. The smallest absolute Gasteiger partial charge is 0.309 e. The summed E-state index contributed by atoms with van der Waals surface area (Å²) in [5.74, 6) is 0.165. The van der Waals surface area contributed by atoms with Gasteiger partial charge in [-0.2, -0.15) is 0 Å². The number of ether oxygens (including phenoxy) is 1. The van der Waals surface area contributed by atoms with E-state index in [1.54, 1.807) is 13.0 Å². The van der Waals surface area contributed by atoms with E-state index in [1.165, 1.54) is 17.2 Å². The quantitative estimate of drug-likeness (QED) is 0.251. The van der Waals surface area contributed by atoms with Crippen LogP contribution in [0.3, 0.4) is 0 Å². The molecule has 7 rings (SSSR count). The molecular weight excluding hydrogens is 517 g/mol. The van der Waals surface area contributed by atoms with Crippen molar-refractivity contribution in [2.75, 3.05) is 13.2 Å². The Bertz CT molecular complexity index is 1710. The summed E-state index contributed by atoms with van der Waals surface area (Å²) < 4.78 is 22.6. The average molecular weight is 552 g/mol. The van der Waals surface area contributed by atoms with Gasteiger partial charge in [0.1, 0.15) is 11.6 Å². The van der Waals surface area contributed by atoms with Crippen molar-refractivity contribution in [3.8, 4) is 11.4 Å². The zero-order valence-electron chi connectivity index (χ0n) is 23.7. The van der Waals surface area contributed by atoms with Crippen molar-refractivity contribution in [3.05, 3.63) is 88.2 Å². The largest absolute Gasteiger partial charge is 0.466 e. The zero-order valence-corrected chi connectivity index (χ0v) is 23.7. The highest BCUT2D eigenvalue weighted by molar-refractivity contribution is 5.99. The molecular formula is C34H34FN3O3. The van der Waals surface area contributed by atoms with Crippen molar-refractivity contribution in [2.24, 2.45) is 13.0 Å². The number of halogens is 1. The molecule has 0 bridgehead atoms. The Morgan fingerprint density at radius 3 is 2.63 bits per heavy atom. The fraction of sp³-hybridized carbons (Fsp3) is 0.382. The van der Waals surface area contributed by atoms with Crippen LogP contribution in [0, 0.1) is 11.7 Å². The molecule has 210 valence electrons. The number of benzene rings is 3. The third-order valence-corrected chi connectivity index (χ3v) is 9.18. The Kier molecular flexibility index (Phi) is 6.21. The highest BCUT2D eigenvalue weighted by Gasteiger charge is 2.45. The molecule has 2 saturated carbocycles. The van der Waals surface area contributed by atoms with E-state index in [2.05, 4.69) is 25.1 Å². The number of carbonyl (C=O) groups excluding carboxylic acids is 2. The fourth-order valence-electron chi connectivity index (χ4n) is 6.62. The maximum absolute atomic E-state index is 15.6. The van der Waals surface area contributed by atoms with Crippen LogP contribution in [0.5, 0.6) is 0 Å². The van der Waals surface area contributed by atoms with Crippen LogP contribution in [0.2, 0.25) is 0 Å². The molecule has 2 fully saturated rings. The predicted molar refractivity (Wildman–Crippen MR) is 155 cm³/mol. The number of rotatable bonds is 6. The van der Waals surface area contributed by atoms with Crippen LogP contribution >= 0.6 is 0 Å². The van der Waals surface area contributed by atoms with Crippen LogP contribution < -0.4 is 0 Å². The second kappa shape index (κ2) is 9.82. The van der Waals surface area contributed by atoms with E-state index in [9.17, 15) is 9.59 Å². The van der Waals surface area contributed by atoms with Crippen LogP contribution in [0.4, 0.5) is 4.39 Å². The highest BCUT2D eigenvalue weighted by atomic mass is 19.1. The fourth-order valence-corrected chi connectivity index (χ4v) is 6.62. The van der Waals surface area contributed by atoms with Gasteiger partial charge in [0, 0.05) is 19.2 Å². The van der Waals surface area contributed by atoms with Crippen molar-refractivity contribution < 1.29 is 18.7 Å². The van der Waals surface area contributed by atoms with Crippen molar-refractivity contribution in [1.82, 2.24) is 14.5 Å². The van der Waals surface area contributed by atoms with Gasteiger partial charge in [0.05, 0.1) is 35.2 Å². The lowest BCUT2D eigenvalue weighted by molar-refractivity contribution is -0.144.